The van der Waals surface area contributed by atoms with E-state index in [2.05, 4.69) is 15.0 Å². The molecule has 0 aliphatic carbocycles. The van der Waals surface area contributed by atoms with E-state index in [1.165, 1.54) is 27.8 Å². The predicted octanol–water partition coefficient (Wildman–Crippen LogP) is 0.459. The van der Waals surface area contributed by atoms with Gasteiger partial charge in [0.15, 0.2) is 0 Å². The Morgan fingerprint density at radius 2 is 1.85 bits per heavy atom. The predicted molar refractivity (Wildman–Crippen MR) is 95.7 cm³/mol. The molecule has 1 aliphatic rings. The van der Waals surface area contributed by atoms with Crippen molar-refractivity contribution in [2.45, 2.75) is 4.90 Å². The maximum absolute atomic E-state index is 12.9. The van der Waals surface area contributed by atoms with E-state index >= 15 is 0 Å². The Hall–Kier alpha value is -2.50. The van der Waals surface area contributed by atoms with Gasteiger partial charge in [-0.2, -0.15) is 4.31 Å². The molecule has 26 heavy (non-hydrogen) atoms. The van der Waals surface area contributed by atoms with E-state index in [9.17, 15) is 18.0 Å². The third kappa shape index (κ3) is 2.93. The first-order valence-corrected chi connectivity index (χ1v) is 10.2. The molecule has 1 amide bonds. The number of carbonyl (C=O) groups is 1. The molecule has 11 heteroatoms. The van der Waals surface area contributed by atoms with Gasteiger partial charge in [0, 0.05) is 31.6 Å². The van der Waals surface area contributed by atoms with Crippen LogP contribution in [0.3, 0.4) is 0 Å². The molecule has 0 atom stereocenters. The highest BCUT2D eigenvalue weighted by Crippen LogP contribution is 2.21. The fraction of sp³-hybridized carbons (Fsp3) is 0.267. The highest BCUT2D eigenvalue weighted by Gasteiger charge is 2.31. The number of nitrogens with zero attached hydrogens (tertiary/aromatic N) is 3. The average molecular weight is 393 g/mol. The van der Waals surface area contributed by atoms with Crippen LogP contribution in [0.2, 0.25) is 0 Å². The summed E-state index contributed by atoms with van der Waals surface area (Å²) in [5, 5.41) is 1.68. The zero-order chi connectivity index (χ0) is 18.3. The normalized spacial score (nSPS) is 16.2. The summed E-state index contributed by atoms with van der Waals surface area (Å²) in [5.74, 6) is -0.186. The van der Waals surface area contributed by atoms with Crippen LogP contribution in [0.15, 0.2) is 38.8 Å². The van der Waals surface area contributed by atoms with E-state index in [1.54, 1.807) is 21.9 Å². The monoisotopic (exact) mass is 393 g/mol. The van der Waals surface area contributed by atoms with Crippen molar-refractivity contribution in [2.75, 3.05) is 26.2 Å². The van der Waals surface area contributed by atoms with E-state index in [0.29, 0.717) is 29.8 Å². The molecule has 0 saturated carbocycles. The van der Waals surface area contributed by atoms with Gasteiger partial charge < -0.3 is 14.9 Å². The average Bonchev–Trinajstić information content (AvgIpc) is 3.29. The lowest BCUT2D eigenvalue weighted by Gasteiger charge is -2.33. The second kappa shape index (κ2) is 6.34. The lowest BCUT2D eigenvalue weighted by Crippen LogP contribution is -2.50. The van der Waals surface area contributed by atoms with Crippen molar-refractivity contribution < 1.29 is 13.2 Å². The first kappa shape index (κ1) is 16.9. The van der Waals surface area contributed by atoms with Crippen molar-refractivity contribution in [3.05, 3.63) is 45.3 Å². The molecule has 0 bridgehead atoms. The second-order valence-corrected chi connectivity index (χ2v) is 8.51. The molecule has 9 nitrogen and oxygen atoms in total. The van der Waals surface area contributed by atoms with Gasteiger partial charge in [-0.1, -0.05) is 0 Å². The minimum atomic E-state index is -3.70. The highest BCUT2D eigenvalue weighted by atomic mass is 32.2. The first-order chi connectivity index (χ1) is 12.4. The van der Waals surface area contributed by atoms with Crippen LogP contribution in [-0.4, -0.2) is 64.7 Å². The van der Waals surface area contributed by atoms with E-state index in [-0.39, 0.29) is 29.6 Å². The fourth-order valence-electron chi connectivity index (χ4n) is 2.93. The Morgan fingerprint density at radius 3 is 2.54 bits per heavy atom. The fourth-order valence-corrected chi connectivity index (χ4v) is 4.91. The molecule has 0 radical (unpaired) electrons. The van der Waals surface area contributed by atoms with E-state index in [0.717, 1.165) is 0 Å². The summed E-state index contributed by atoms with van der Waals surface area (Å²) in [4.78, 5) is 34.5. The van der Waals surface area contributed by atoms with Crippen molar-refractivity contribution in [2.24, 2.45) is 0 Å². The molecule has 136 valence electrons. The minimum Gasteiger partial charge on any atom is -0.335 e. The summed E-state index contributed by atoms with van der Waals surface area (Å²) in [5.41, 5.74) is 2.58. The SMILES string of the molecule is O=C(c1cscn1)N1CCN(S(=O)(=O)c2ccc3[nH]c(=O)[nH]c3c2)CC1. The van der Waals surface area contributed by atoms with Gasteiger partial charge in [-0.05, 0) is 18.2 Å². The molecule has 2 N–H and O–H groups in total. The number of amides is 1. The molecule has 0 unspecified atom stereocenters. The van der Waals surface area contributed by atoms with Crippen molar-refractivity contribution in [1.82, 2.24) is 24.2 Å². The first-order valence-electron chi connectivity index (χ1n) is 7.85. The van der Waals surface area contributed by atoms with Crippen LogP contribution in [0.1, 0.15) is 10.5 Å². The number of nitrogens with one attached hydrogen (secondary N) is 2. The third-order valence-corrected chi connectivity index (χ3v) is 6.78. The highest BCUT2D eigenvalue weighted by molar-refractivity contribution is 7.89. The van der Waals surface area contributed by atoms with Gasteiger partial charge in [0.05, 0.1) is 21.4 Å². The zero-order valence-electron chi connectivity index (χ0n) is 13.5. The number of H-pyrrole nitrogens is 2. The number of rotatable bonds is 3. The van der Waals surface area contributed by atoms with Gasteiger partial charge >= 0.3 is 5.69 Å². The zero-order valence-corrected chi connectivity index (χ0v) is 15.1. The second-order valence-electron chi connectivity index (χ2n) is 5.86. The summed E-state index contributed by atoms with van der Waals surface area (Å²) in [6.45, 7) is 1.03. The maximum Gasteiger partial charge on any atom is 0.323 e. The molecule has 0 spiro atoms. The quantitative estimate of drug-likeness (QED) is 0.670. The number of fused-ring (bicyclic) bond motifs is 1. The molecular formula is C15H15N5O4S2. The summed E-state index contributed by atoms with van der Waals surface area (Å²) in [6, 6.07) is 4.46. The van der Waals surface area contributed by atoms with Gasteiger partial charge in [0.25, 0.3) is 5.91 Å². The molecule has 3 heterocycles. The van der Waals surface area contributed by atoms with Crippen LogP contribution in [0.4, 0.5) is 0 Å². The van der Waals surface area contributed by atoms with Crippen molar-refractivity contribution in [3.63, 3.8) is 0 Å². The lowest BCUT2D eigenvalue weighted by molar-refractivity contribution is 0.0693. The number of aromatic nitrogens is 3. The number of sulfonamides is 1. The molecule has 1 saturated heterocycles. The Bertz CT molecular complexity index is 1110. The van der Waals surface area contributed by atoms with Crippen LogP contribution in [0.5, 0.6) is 0 Å². The van der Waals surface area contributed by atoms with Crippen LogP contribution < -0.4 is 5.69 Å². The van der Waals surface area contributed by atoms with E-state index < -0.39 is 10.0 Å². The number of aromatic amines is 2. The molecule has 1 aromatic carbocycles. The number of thiazole rings is 1. The molecule has 2 aromatic heterocycles. The number of hydrogen-bond donors (Lipinski definition) is 2. The Morgan fingerprint density at radius 1 is 1.12 bits per heavy atom. The Labute approximate surface area is 152 Å². The van der Waals surface area contributed by atoms with Crippen LogP contribution >= 0.6 is 11.3 Å². The van der Waals surface area contributed by atoms with E-state index in [1.807, 2.05) is 0 Å². The number of hydrogen-bond acceptors (Lipinski definition) is 6. The molecule has 3 aromatic rings. The smallest absolute Gasteiger partial charge is 0.323 e. The van der Waals surface area contributed by atoms with Crippen molar-refractivity contribution in [1.29, 1.82) is 0 Å². The molecular weight excluding hydrogens is 378 g/mol. The van der Waals surface area contributed by atoms with Crippen LogP contribution in [-0.2, 0) is 10.0 Å². The Balaban J connectivity index is 1.52. The summed E-state index contributed by atoms with van der Waals surface area (Å²) in [7, 11) is -3.70. The van der Waals surface area contributed by atoms with Gasteiger partial charge in [-0.3, -0.25) is 4.79 Å². The lowest BCUT2D eigenvalue weighted by atomic mass is 10.3. The molecule has 1 aliphatic heterocycles. The molecule has 1 fully saturated rings. The minimum absolute atomic E-state index is 0.111. The van der Waals surface area contributed by atoms with E-state index in [4.69, 9.17) is 0 Å². The van der Waals surface area contributed by atoms with Gasteiger partial charge in [-0.15, -0.1) is 11.3 Å². The van der Waals surface area contributed by atoms with Crippen molar-refractivity contribution in [3.8, 4) is 0 Å². The van der Waals surface area contributed by atoms with Crippen LogP contribution in [0, 0.1) is 0 Å². The Kier molecular flexibility index (Phi) is 4.13. The summed E-state index contributed by atoms with van der Waals surface area (Å²) in [6.07, 6.45) is 0. The largest absolute Gasteiger partial charge is 0.335 e. The number of carbonyl (C=O) groups excluding carboxylic acids is 1. The van der Waals surface area contributed by atoms with Crippen LogP contribution in [0.25, 0.3) is 11.0 Å². The summed E-state index contributed by atoms with van der Waals surface area (Å²) >= 11 is 1.34. The third-order valence-electron chi connectivity index (χ3n) is 4.30. The van der Waals surface area contributed by atoms with Gasteiger partial charge in [0.1, 0.15) is 5.69 Å². The van der Waals surface area contributed by atoms with Gasteiger partial charge in [-0.25, -0.2) is 18.2 Å². The summed E-state index contributed by atoms with van der Waals surface area (Å²) < 4.78 is 27.1. The van der Waals surface area contributed by atoms with Crippen molar-refractivity contribution >= 4 is 38.3 Å². The molecule has 4 rings (SSSR count). The number of piperazine rings is 1. The standard InChI is InChI=1S/C15H15N5O4S2/c21-14(13-8-25-9-16-13)19-3-5-20(6-4-19)26(23,24)10-1-2-11-12(7-10)18-15(22)17-11/h1-2,7-9H,3-6H2,(H2,17,18,22). The topological polar surface area (TPSA) is 119 Å². The number of imidazole rings is 1. The van der Waals surface area contributed by atoms with Gasteiger partial charge in [0.2, 0.25) is 10.0 Å². The number of benzene rings is 1. The maximum atomic E-state index is 12.9.